The summed E-state index contributed by atoms with van der Waals surface area (Å²) in [6, 6.07) is 19.0. The first-order valence-electron chi connectivity index (χ1n) is 13.2. The Balaban J connectivity index is 2.09. The summed E-state index contributed by atoms with van der Waals surface area (Å²) in [4.78, 5) is 28.9. The quantitative estimate of drug-likeness (QED) is 0.266. The lowest BCUT2D eigenvalue weighted by Crippen LogP contribution is -2.53. The summed E-state index contributed by atoms with van der Waals surface area (Å²) >= 11 is 12.7. The molecule has 3 rings (SSSR count). The van der Waals surface area contributed by atoms with Gasteiger partial charge in [0, 0.05) is 17.6 Å². The average molecular weight is 605 g/mol. The zero-order valence-electron chi connectivity index (χ0n) is 23.1. The predicted octanol–water partition coefficient (Wildman–Crippen LogP) is 6.22. The van der Waals surface area contributed by atoms with E-state index in [0.717, 1.165) is 21.9 Å². The minimum atomic E-state index is -4.23. The molecule has 2 atom stereocenters. The summed E-state index contributed by atoms with van der Waals surface area (Å²) < 4.78 is 28.7. The van der Waals surface area contributed by atoms with Gasteiger partial charge in [-0.05, 0) is 62.6 Å². The third-order valence-electron chi connectivity index (χ3n) is 6.61. The highest BCUT2D eigenvalue weighted by atomic mass is 35.5. The van der Waals surface area contributed by atoms with E-state index in [1.165, 1.54) is 29.2 Å². The Kier molecular flexibility index (Phi) is 11.0. The number of sulfonamides is 1. The van der Waals surface area contributed by atoms with Crippen molar-refractivity contribution < 1.29 is 18.0 Å². The highest BCUT2D eigenvalue weighted by Gasteiger charge is 2.34. The molecule has 0 radical (unpaired) electrons. The minimum Gasteiger partial charge on any atom is -0.352 e. The van der Waals surface area contributed by atoms with E-state index in [4.69, 9.17) is 23.2 Å². The van der Waals surface area contributed by atoms with Crippen molar-refractivity contribution in [3.05, 3.63) is 94.0 Å². The minimum absolute atomic E-state index is 0.00867. The van der Waals surface area contributed by atoms with Crippen LogP contribution in [0.15, 0.2) is 77.7 Å². The molecule has 0 heterocycles. The molecule has 3 aromatic carbocycles. The summed E-state index contributed by atoms with van der Waals surface area (Å²) in [5, 5.41) is 3.34. The molecular weight excluding hydrogens is 569 g/mol. The zero-order valence-corrected chi connectivity index (χ0v) is 25.4. The van der Waals surface area contributed by atoms with E-state index in [-0.39, 0.29) is 39.1 Å². The van der Waals surface area contributed by atoms with Crippen LogP contribution in [0.3, 0.4) is 0 Å². The lowest BCUT2D eigenvalue weighted by molar-refractivity contribution is -0.140. The Hall–Kier alpha value is -3.07. The third-order valence-corrected chi connectivity index (χ3v) is 8.94. The maximum absolute atomic E-state index is 14.1. The van der Waals surface area contributed by atoms with E-state index in [9.17, 15) is 18.0 Å². The van der Waals surface area contributed by atoms with Crippen LogP contribution in [-0.2, 0) is 26.2 Å². The molecule has 0 fully saturated rings. The van der Waals surface area contributed by atoms with Crippen molar-refractivity contribution in [1.29, 1.82) is 0 Å². The van der Waals surface area contributed by atoms with Crippen molar-refractivity contribution in [2.45, 2.75) is 64.1 Å². The molecule has 0 saturated heterocycles. The number of halogens is 2. The van der Waals surface area contributed by atoms with Crippen LogP contribution >= 0.6 is 23.2 Å². The lowest BCUT2D eigenvalue weighted by atomic mass is 10.1. The number of hydrogen-bond donors (Lipinski definition) is 1. The van der Waals surface area contributed by atoms with Crippen molar-refractivity contribution in [2.75, 3.05) is 10.8 Å². The fourth-order valence-corrected chi connectivity index (χ4v) is 6.16. The van der Waals surface area contributed by atoms with Gasteiger partial charge in [0.25, 0.3) is 10.0 Å². The van der Waals surface area contributed by atoms with E-state index >= 15 is 0 Å². The van der Waals surface area contributed by atoms with Crippen LogP contribution in [0.25, 0.3) is 0 Å². The van der Waals surface area contributed by atoms with E-state index < -0.39 is 28.5 Å². The fraction of sp³-hybridized carbons (Fsp3) is 0.333. The molecule has 0 aliphatic rings. The van der Waals surface area contributed by atoms with Crippen molar-refractivity contribution >= 4 is 50.7 Å². The Labute approximate surface area is 247 Å². The first-order chi connectivity index (χ1) is 19.0. The number of aryl methyl sites for hydroxylation is 1. The number of amides is 2. The summed E-state index contributed by atoms with van der Waals surface area (Å²) in [5.74, 6) is -0.848. The Morgan fingerprint density at radius 1 is 0.925 bits per heavy atom. The van der Waals surface area contributed by atoms with Gasteiger partial charge in [-0.2, -0.15) is 0 Å². The highest BCUT2D eigenvalue weighted by Crippen LogP contribution is 2.33. The molecule has 1 N–H and O–H groups in total. The van der Waals surface area contributed by atoms with Gasteiger partial charge in [0.2, 0.25) is 11.8 Å². The molecule has 214 valence electrons. The van der Waals surface area contributed by atoms with Crippen LogP contribution in [0.5, 0.6) is 0 Å². The van der Waals surface area contributed by atoms with Crippen molar-refractivity contribution in [3.63, 3.8) is 0 Å². The van der Waals surface area contributed by atoms with Gasteiger partial charge in [0.05, 0.1) is 15.6 Å². The molecule has 2 amide bonds. The molecule has 7 nitrogen and oxygen atoms in total. The predicted molar refractivity (Wildman–Crippen MR) is 161 cm³/mol. The molecule has 0 unspecified atom stereocenters. The monoisotopic (exact) mass is 603 g/mol. The number of benzene rings is 3. The van der Waals surface area contributed by atoms with Gasteiger partial charge in [0.1, 0.15) is 12.6 Å². The molecule has 0 aliphatic heterocycles. The number of carbonyl (C=O) groups is 2. The second-order valence-electron chi connectivity index (χ2n) is 9.67. The Bertz CT molecular complexity index is 1430. The molecule has 0 saturated carbocycles. The van der Waals surface area contributed by atoms with Crippen molar-refractivity contribution in [1.82, 2.24) is 10.2 Å². The molecule has 0 aliphatic carbocycles. The smallest absolute Gasteiger partial charge is 0.264 e. The summed E-state index contributed by atoms with van der Waals surface area (Å²) in [5.41, 5.74) is 1.89. The van der Waals surface area contributed by atoms with Crippen LogP contribution in [0.4, 0.5) is 5.69 Å². The molecule has 0 aromatic heterocycles. The van der Waals surface area contributed by atoms with Crippen LogP contribution < -0.4 is 9.62 Å². The number of nitrogens with one attached hydrogen (secondary N) is 1. The van der Waals surface area contributed by atoms with Crippen molar-refractivity contribution in [3.8, 4) is 0 Å². The first-order valence-corrected chi connectivity index (χ1v) is 15.4. The normalized spacial score (nSPS) is 12.8. The lowest BCUT2D eigenvalue weighted by Gasteiger charge is -2.34. The zero-order chi connectivity index (χ0) is 29.4. The number of anilines is 1. The number of hydrogen-bond acceptors (Lipinski definition) is 4. The highest BCUT2D eigenvalue weighted by molar-refractivity contribution is 7.92. The fourth-order valence-electron chi connectivity index (χ4n) is 4.28. The van der Waals surface area contributed by atoms with Crippen LogP contribution in [-0.4, -0.2) is 43.8 Å². The van der Waals surface area contributed by atoms with Crippen LogP contribution in [0.2, 0.25) is 10.0 Å². The second-order valence-corrected chi connectivity index (χ2v) is 12.4. The maximum atomic E-state index is 14.1. The van der Waals surface area contributed by atoms with E-state index in [1.54, 1.807) is 24.3 Å². The Morgan fingerprint density at radius 2 is 1.62 bits per heavy atom. The van der Waals surface area contributed by atoms with Crippen LogP contribution in [0, 0.1) is 6.92 Å². The Morgan fingerprint density at radius 3 is 2.25 bits per heavy atom. The van der Waals surface area contributed by atoms with Gasteiger partial charge in [-0.15, -0.1) is 0 Å². The molecule has 0 spiro atoms. The topological polar surface area (TPSA) is 86.8 Å². The van der Waals surface area contributed by atoms with Gasteiger partial charge in [-0.1, -0.05) is 85.1 Å². The number of nitrogens with zero attached hydrogens (tertiary/aromatic N) is 2. The summed E-state index contributed by atoms with van der Waals surface area (Å²) in [6.45, 7) is 7.16. The maximum Gasteiger partial charge on any atom is 0.264 e. The first kappa shape index (κ1) is 31.5. The molecule has 3 aromatic rings. The number of rotatable bonds is 12. The molecule has 0 bridgehead atoms. The molecule has 40 heavy (non-hydrogen) atoms. The van der Waals surface area contributed by atoms with Gasteiger partial charge in [-0.25, -0.2) is 8.42 Å². The average Bonchev–Trinajstić information content (AvgIpc) is 2.93. The SMILES string of the molecule is CC[C@H](C)NC(=O)[C@H](CC)N(Cc1cccc(C)c1)C(=O)CN(c1cc(Cl)ccc1Cl)S(=O)(=O)c1ccccc1. The second kappa shape index (κ2) is 14.0. The van der Waals surface area contributed by atoms with Gasteiger partial charge in [-0.3, -0.25) is 13.9 Å². The van der Waals surface area contributed by atoms with E-state index in [2.05, 4.69) is 5.32 Å². The van der Waals surface area contributed by atoms with Gasteiger partial charge >= 0.3 is 0 Å². The summed E-state index contributed by atoms with van der Waals surface area (Å²) in [6.07, 6.45) is 1.06. The van der Waals surface area contributed by atoms with E-state index in [1.807, 2.05) is 52.0 Å². The number of carbonyl (C=O) groups excluding carboxylic acids is 2. The largest absolute Gasteiger partial charge is 0.352 e. The molecular formula is C30H35Cl2N3O4S. The summed E-state index contributed by atoms with van der Waals surface area (Å²) in [7, 11) is -4.23. The third kappa shape index (κ3) is 7.77. The van der Waals surface area contributed by atoms with E-state index in [0.29, 0.717) is 6.42 Å². The standard InChI is InChI=1S/C30H35Cl2N3O4S/c1-5-22(4)33-30(37)27(6-2)34(19-23-12-10-11-21(3)17-23)29(36)20-35(28-18-24(31)15-16-26(28)32)40(38,39)25-13-8-7-9-14-25/h7-18,22,27H,5-6,19-20H2,1-4H3,(H,33,37)/t22-,27-/m0/s1. The van der Waals surface area contributed by atoms with Gasteiger partial charge in [0.15, 0.2) is 0 Å². The molecule has 10 heteroatoms. The van der Waals surface area contributed by atoms with Gasteiger partial charge < -0.3 is 10.2 Å². The van der Waals surface area contributed by atoms with Crippen molar-refractivity contribution in [2.24, 2.45) is 0 Å². The van der Waals surface area contributed by atoms with Crippen LogP contribution in [0.1, 0.15) is 44.7 Å².